The summed E-state index contributed by atoms with van der Waals surface area (Å²) < 4.78 is 38.5. The second-order valence-corrected chi connectivity index (χ2v) is 6.53. The Morgan fingerprint density at radius 2 is 2.00 bits per heavy atom. The van der Waals surface area contributed by atoms with Gasteiger partial charge in [0.15, 0.2) is 6.10 Å². The third-order valence-corrected chi connectivity index (χ3v) is 4.74. The van der Waals surface area contributed by atoms with Crippen LogP contribution in [0.15, 0.2) is 29.3 Å². The van der Waals surface area contributed by atoms with E-state index in [0.29, 0.717) is 37.4 Å². The first-order chi connectivity index (χ1) is 12.8. The molecular formula is C16H17ClF3N5O2. The van der Waals surface area contributed by atoms with Crippen LogP contribution < -0.4 is 10.5 Å². The number of pyridine rings is 1. The number of halogens is 4. The quantitative estimate of drug-likeness (QED) is 0.809. The van der Waals surface area contributed by atoms with Crippen molar-refractivity contribution in [3.8, 4) is 0 Å². The van der Waals surface area contributed by atoms with Gasteiger partial charge >= 0.3 is 6.18 Å². The van der Waals surface area contributed by atoms with Crippen LogP contribution in [-0.2, 0) is 6.54 Å². The van der Waals surface area contributed by atoms with Crippen LogP contribution in [0.1, 0.15) is 17.4 Å². The highest BCUT2D eigenvalue weighted by Crippen LogP contribution is 2.33. The molecule has 7 nitrogen and oxygen atoms in total. The lowest BCUT2D eigenvalue weighted by atomic mass is 10.1. The number of piperazine rings is 1. The second kappa shape index (κ2) is 7.83. The molecule has 2 aromatic rings. The van der Waals surface area contributed by atoms with Gasteiger partial charge in [0.1, 0.15) is 5.02 Å². The molecule has 1 fully saturated rings. The lowest BCUT2D eigenvalue weighted by Gasteiger charge is -2.36. The molecule has 0 saturated carbocycles. The third-order valence-electron chi connectivity index (χ3n) is 4.38. The predicted molar refractivity (Wildman–Crippen MR) is 92.6 cm³/mol. The zero-order valence-corrected chi connectivity index (χ0v) is 14.8. The lowest BCUT2D eigenvalue weighted by molar-refractivity contribution is -0.208. The second-order valence-electron chi connectivity index (χ2n) is 6.15. The van der Waals surface area contributed by atoms with E-state index < -0.39 is 17.8 Å². The zero-order valence-electron chi connectivity index (χ0n) is 14.1. The van der Waals surface area contributed by atoms with E-state index in [2.05, 4.69) is 15.2 Å². The smallest absolute Gasteiger partial charge is 0.378 e. The third kappa shape index (κ3) is 4.40. The fourth-order valence-electron chi connectivity index (χ4n) is 2.97. The molecule has 146 valence electrons. The van der Waals surface area contributed by atoms with Gasteiger partial charge < -0.3 is 10.0 Å². The number of rotatable bonds is 4. The number of aliphatic hydroxyl groups excluding tert-OH is 1. The molecule has 27 heavy (non-hydrogen) atoms. The van der Waals surface area contributed by atoms with Gasteiger partial charge in [-0.2, -0.15) is 18.3 Å². The van der Waals surface area contributed by atoms with Gasteiger partial charge in [-0.05, 0) is 11.6 Å². The molecule has 0 unspecified atom stereocenters. The van der Waals surface area contributed by atoms with Crippen LogP contribution in [0.25, 0.3) is 0 Å². The van der Waals surface area contributed by atoms with Gasteiger partial charge in [0.25, 0.3) is 5.56 Å². The van der Waals surface area contributed by atoms with Crippen molar-refractivity contribution in [2.45, 2.75) is 18.8 Å². The molecule has 1 saturated heterocycles. The summed E-state index contributed by atoms with van der Waals surface area (Å²) in [6.07, 6.45) is -4.69. The van der Waals surface area contributed by atoms with E-state index in [1.54, 1.807) is 6.07 Å². The highest BCUT2D eigenvalue weighted by atomic mass is 35.5. The average Bonchev–Trinajstić information content (AvgIpc) is 2.64. The van der Waals surface area contributed by atoms with Gasteiger partial charge in [0, 0.05) is 38.9 Å². The van der Waals surface area contributed by atoms with Crippen molar-refractivity contribution in [2.24, 2.45) is 0 Å². The van der Waals surface area contributed by atoms with E-state index in [-0.39, 0.29) is 17.3 Å². The van der Waals surface area contributed by atoms with Gasteiger partial charge in [0.05, 0.1) is 17.6 Å². The standard InChI is InChI=1S/C16H17ClF3N5O2/c17-12-11(8-22-23-15(12)27)25-6-4-24(5-7-25)9-10-2-1-3-21-13(10)14(26)16(18,19)20/h1-3,8,14,26H,4-7,9H2,(H,23,27)/t14-/m0/s1. The van der Waals surface area contributed by atoms with Crippen LogP contribution >= 0.6 is 11.6 Å². The number of aliphatic hydroxyl groups is 1. The highest BCUT2D eigenvalue weighted by molar-refractivity contribution is 6.32. The largest absolute Gasteiger partial charge is 0.420 e. The number of aromatic amines is 1. The summed E-state index contributed by atoms with van der Waals surface area (Å²) >= 11 is 6.01. The first-order valence-corrected chi connectivity index (χ1v) is 8.54. The van der Waals surface area contributed by atoms with Crippen molar-refractivity contribution in [2.75, 3.05) is 31.1 Å². The molecule has 1 atom stereocenters. The number of hydrogen-bond donors (Lipinski definition) is 2. The summed E-state index contributed by atoms with van der Waals surface area (Å²) in [7, 11) is 0. The molecule has 1 aliphatic heterocycles. The van der Waals surface area contributed by atoms with Gasteiger partial charge in [0.2, 0.25) is 0 Å². The zero-order chi connectivity index (χ0) is 19.6. The van der Waals surface area contributed by atoms with Crippen molar-refractivity contribution in [3.63, 3.8) is 0 Å². The fourth-order valence-corrected chi connectivity index (χ4v) is 3.18. The first-order valence-electron chi connectivity index (χ1n) is 8.16. The Hall–Kier alpha value is -2.17. The Labute approximate surface area is 157 Å². The number of hydrogen-bond acceptors (Lipinski definition) is 6. The van der Waals surface area contributed by atoms with Crippen LogP contribution in [0.5, 0.6) is 0 Å². The van der Waals surface area contributed by atoms with Crippen LogP contribution in [0.4, 0.5) is 18.9 Å². The Balaban J connectivity index is 1.68. The van der Waals surface area contributed by atoms with Crippen molar-refractivity contribution in [1.29, 1.82) is 0 Å². The maximum atomic E-state index is 12.8. The monoisotopic (exact) mass is 403 g/mol. The normalized spacial score (nSPS) is 17.1. The van der Waals surface area contributed by atoms with Crippen molar-refractivity contribution in [1.82, 2.24) is 20.1 Å². The Kier molecular flexibility index (Phi) is 5.68. The first kappa shape index (κ1) is 19.6. The number of H-pyrrole nitrogens is 1. The van der Waals surface area contributed by atoms with Crippen LogP contribution in [-0.4, -0.2) is 57.5 Å². The molecule has 2 aromatic heterocycles. The predicted octanol–water partition coefficient (Wildman–Crippen LogP) is 1.74. The molecule has 11 heteroatoms. The van der Waals surface area contributed by atoms with Crippen molar-refractivity contribution in [3.05, 3.63) is 51.2 Å². The van der Waals surface area contributed by atoms with Gasteiger partial charge in [-0.1, -0.05) is 17.7 Å². The average molecular weight is 404 g/mol. The molecule has 2 N–H and O–H groups in total. The molecule has 1 aliphatic rings. The molecule has 0 amide bonds. The highest BCUT2D eigenvalue weighted by Gasteiger charge is 2.41. The van der Waals surface area contributed by atoms with Crippen molar-refractivity contribution < 1.29 is 18.3 Å². The van der Waals surface area contributed by atoms with Crippen LogP contribution in [0.3, 0.4) is 0 Å². The van der Waals surface area contributed by atoms with Gasteiger partial charge in [-0.15, -0.1) is 0 Å². The number of nitrogens with one attached hydrogen (secondary N) is 1. The summed E-state index contributed by atoms with van der Waals surface area (Å²) in [5.74, 6) is 0. The molecular weight excluding hydrogens is 387 g/mol. The van der Waals surface area contributed by atoms with E-state index in [1.165, 1.54) is 18.5 Å². The number of alkyl halides is 3. The maximum Gasteiger partial charge on any atom is 0.420 e. The maximum absolute atomic E-state index is 12.8. The topological polar surface area (TPSA) is 85.4 Å². The van der Waals surface area contributed by atoms with Crippen LogP contribution in [0.2, 0.25) is 5.02 Å². The van der Waals surface area contributed by atoms with E-state index in [1.807, 2.05) is 9.80 Å². The molecule has 0 spiro atoms. The summed E-state index contributed by atoms with van der Waals surface area (Å²) in [6, 6.07) is 3.07. The Morgan fingerprint density at radius 3 is 2.67 bits per heavy atom. The molecule has 0 aromatic carbocycles. The molecule has 0 aliphatic carbocycles. The van der Waals surface area contributed by atoms with E-state index >= 15 is 0 Å². The van der Waals surface area contributed by atoms with Gasteiger partial charge in [-0.3, -0.25) is 14.7 Å². The van der Waals surface area contributed by atoms with Crippen molar-refractivity contribution >= 4 is 17.3 Å². The van der Waals surface area contributed by atoms with E-state index in [0.717, 1.165) is 0 Å². The minimum absolute atomic E-state index is 0.0568. The van der Waals surface area contributed by atoms with Crippen LogP contribution in [0, 0.1) is 0 Å². The molecule has 3 heterocycles. The Morgan fingerprint density at radius 1 is 1.30 bits per heavy atom. The summed E-state index contributed by atoms with van der Waals surface area (Å²) in [5, 5.41) is 15.6. The summed E-state index contributed by atoms with van der Waals surface area (Å²) in [6.45, 7) is 2.37. The lowest BCUT2D eigenvalue weighted by Crippen LogP contribution is -2.46. The number of nitrogens with zero attached hydrogens (tertiary/aromatic N) is 4. The Bertz CT molecular complexity index is 852. The minimum atomic E-state index is -4.77. The number of anilines is 1. The number of aromatic nitrogens is 3. The molecule has 3 rings (SSSR count). The van der Waals surface area contributed by atoms with E-state index in [9.17, 15) is 23.1 Å². The SMILES string of the molecule is O=c1[nH]ncc(N2CCN(Cc3cccnc3[C@H](O)C(F)(F)F)CC2)c1Cl. The minimum Gasteiger partial charge on any atom is -0.378 e. The summed E-state index contributed by atoms with van der Waals surface area (Å²) in [5.41, 5.74) is -0.00624. The van der Waals surface area contributed by atoms with Gasteiger partial charge in [-0.25, -0.2) is 5.10 Å². The van der Waals surface area contributed by atoms with E-state index in [4.69, 9.17) is 11.6 Å². The molecule has 0 bridgehead atoms. The molecule has 0 radical (unpaired) electrons. The summed E-state index contributed by atoms with van der Waals surface area (Å²) in [4.78, 5) is 19.1. The fraction of sp³-hybridized carbons (Fsp3) is 0.438.